The van der Waals surface area contributed by atoms with E-state index in [1.807, 2.05) is 29.7 Å². The summed E-state index contributed by atoms with van der Waals surface area (Å²) in [7, 11) is 0. The van der Waals surface area contributed by atoms with E-state index in [1.165, 1.54) is 58.5 Å². The summed E-state index contributed by atoms with van der Waals surface area (Å²) in [4.78, 5) is 14.7. The fourth-order valence-corrected chi connectivity index (χ4v) is 6.44. The zero-order chi connectivity index (χ0) is 24.7. The van der Waals surface area contributed by atoms with Crippen LogP contribution in [0.2, 0.25) is 0 Å². The summed E-state index contributed by atoms with van der Waals surface area (Å²) in [5.41, 5.74) is 5.65. The van der Waals surface area contributed by atoms with Crippen LogP contribution in [0.15, 0.2) is 60.5 Å². The molecule has 0 bridgehead atoms. The Kier molecular flexibility index (Phi) is 8.05. The Hall–Kier alpha value is -2.33. The molecular weight excluding hydrogens is 631 g/mol. The first-order valence-corrected chi connectivity index (χ1v) is 12.5. The van der Waals surface area contributed by atoms with Crippen LogP contribution in [0.1, 0.15) is 65.5 Å². The summed E-state index contributed by atoms with van der Waals surface area (Å²) in [6.07, 6.45) is 5.59. The Morgan fingerprint density at radius 1 is 1.00 bits per heavy atom. The van der Waals surface area contributed by atoms with Crippen LogP contribution in [0.3, 0.4) is 0 Å². The van der Waals surface area contributed by atoms with Gasteiger partial charge in [-0.25, -0.2) is 0 Å². The summed E-state index contributed by atoms with van der Waals surface area (Å²) in [6.45, 7) is 12.5. The summed E-state index contributed by atoms with van der Waals surface area (Å²) in [5.74, 6) is -0.0625. The summed E-state index contributed by atoms with van der Waals surface area (Å²) >= 11 is 1.92. The standard InChI is InChI=1S/C25H24NS.C5H8O2.Ir/c1-24(2)13-14-25(3,4)20-19(24)11-10-17-18-12-15-26-21(23(18)27-22(17)20)16-8-6-5-7-9-16;1-4(6)3-5(2)7;/h5-8,10-12,15H,13-14H2,1-4H3;3,6H,1-2H3;/q-1;;/b;4-3-;. The Morgan fingerprint density at radius 2 is 1.69 bits per heavy atom. The number of thiophene rings is 1. The number of hydrogen-bond acceptors (Lipinski definition) is 4. The predicted octanol–water partition coefficient (Wildman–Crippen LogP) is 8.30. The van der Waals surface area contributed by atoms with E-state index in [1.54, 1.807) is 5.56 Å². The van der Waals surface area contributed by atoms with E-state index in [-0.39, 0.29) is 42.5 Å². The molecule has 0 atom stereocenters. The number of aromatic nitrogens is 1. The summed E-state index contributed by atoms with van der Waals surface area (Å²) < 4.78 is 2.73. The minimum absolute atomic E-state index is 0. The van der Waals surface area contributed by atoms with Crippen molar-refractivity contribution in [3.05, 3.63) is 77.7 Å². The second kappa shape index (κ2) is 10.3. The molecule has 2 aromatic heterocycles. The summed E-state index contributed by atoms with van der Waals surface area (Å²) in [5, 5.41) is 11.1. The maximum atomic E-state index is 10.0. The van der Waals surface area contributed by atoms with E-state index in [0.29, 0.717) is 0 Å². The van der Waals surface area contributed by atoms with Gasteiger partial charge in [0.1, 0.15) is 0 Å². The molecule has 0 unspecified atom stereocenters. The number of carbonyl (C=O) groups excluding carboxylic acids is 1. The minimum Gasteiger partial charge on any atom is -0.512 e. The van der Waals surface area contributed by atoms with Gasteiger partial charge in [0.15, 0.2) is 5.78 Å². The third kappa shape index (κ3) is 5.43. The number of pyridine rings is 1. The monoisotopic (exact) mass is 663 g/mol. The fourth-order valence-electron chi connectivity index (χ4n) is 4.91. The van der Waals surface area contributed by atoms with Crippen molar-refractivity contribution in [2.24, 2.45) is 0 Å². The third-order valence-corrected chi connectivity index (χ3v) is 7.96. The SMILES string of the molecule is CC(=O)/C=C(/C)O.CC1(C)CCC(C)(C)c2c1ccc1c2sc2c(-c3[c-]cccc3)nccc21.[Ir]. The van der Waals surface area contributed by atoms with Gasteiger partial charge >= 0.3 is 0 Å². The largest absolute Gasteiger partial charge is 0.512 e. The fraction of sp³-hybridized carbons (Fsp3) is 0.333. The van der Waals surface area contributed by atoms with Crippen LogP contribution >= 0.6 is 11.3 Å². The normalized spacial score (nSPS) is 16.1. The van der Waals surface area contributed by atoms with Crippen LogP contribution < -0.4 is 0 Å². The van der Waals surface area contributed by atoms with Crippen LogP contribution in [0, 0.1) is 6.07 Å². The molecule has 1 aliphatic rings. The third-order valence-electron chi connectivity index (χ3n) is 6.71. The Labute approximate surface area is 225 Å². The molecule has 0 aliphatic heterocycles. The second-order valence-electron chi connectivity index (χ2n) is 10.4. The predicted molar refractivity (Wildman–Crippen MR) is 144 cm³/mol. The van der Waals surface area contributed by atoms with Gasteiger partial charge < -0.3 is 10.1 Å². The number of rotatable bonds is 2. The smallest absolute Gasteiger partial charge is 0.155 e. The van der Waals surface area contributed by atoms with E-state index in [4.69, 9.17) is 10.1 Å². The zero-order valence-corrected chi connectivity index (χ0v) is 24.4. The Balaban J connectivity index is 0.000000378. The molecule has 2 heterocycles. The molecule has 2 aromatic carbocycles. The van der Waals surface area contributed by atoms with Crippen molar-refractivity contribution in [1.82, 2.24) is 4.98 Å². The van der Waals surface area contributed by atoms with Crippen LogP contribution in [0.4, 0.5) is 0 Å². The van der Waals surface area contributed by atoms with Crippen molar-refractivity contribution in [2.75, 3.05) is 0 Å². The Bertz CT molecular complexity index is 1400. The summed E-state index contributed by atoms with van der Waals surface area (Å²) in [6, 6.07) is 18.4. The molecular formula is C30H32IrNO2S-. The van der Waals surface area contributed by atoms with Gasteiger partial charge in [-0.05, 0) is 65.5 Å². The molecule has 0 amide bonds. The molecule has 1 aliphatic carbocycles. The van der Waals surface area contributed by atoms with Crippen molar-refractivity contribution in [3.63, 3.8) is 0 Å². The molecule has 1 N–H and O–H groups in total. The van der Waals surface area contributed by atoms with Gasteiger partial charge in [0, 0.05) is 47.5 Å². The molecule has 1 radical (unpaired) electrons. The topological polar surface area (TPSA) is 50.2 Å². The molecule has 5 heteroatoms. The molecule has 0 fully saturated rings. The molecule has 0 spiro atoms. The van der Waals surface area contributed by atoms with Gasteiger partial charge in [-0.2, -0.15) is 0 Å². The van der Waals surface area contributed by atoms with Crippen molar-refractivity contribution < 1.29 is 30.0 Å². The van der Waals surface area contributed by atoms with E-state index < -0.39 is 0 Å². The van der Waals surface area contributed by atoms with E-state index in [0.717, 1.165) is 11.3 Å². The van der Waals surface area contributed by atoms with Gasteiger partial charge in [0.05, 0.1) is 5.76 Å². The van der Waals surface area contributed by atoms with E-state index >= 15 is 0 Å². The van der Waals surface area contributed by atoms with Crippen molar-refractivity contribution in [2.45, 2.75) is 65.2 Å². The maximum absolute atomic E-state index is 10.0. The molecule has 0 saturated heterocycles. The first kappa shape index (κ1) is 27.3. The number of ketones is 1. The number of aliphatic hydroxyl groups excluding tert-OH is 1. The van der Waals surface area contributed by atoms with E-state index in [2.05, 4.69) is 64.1 Å². The van der Waals surface area contributed by atoms with Crippen LogP contribution in [-0.4, -0.2) is 15.9 Å². The average molecular weight is 663 g/mol. The number of nitrogens with zero attached hydrogens (tertiary/aromatic N) is 1. The van der Waals surface area contributed by atoms with Crippen molar-refractivity contribution in [1.29, 1.82) is 0 Å². The van der Waals surface area contributed by atoms with Crippen LogP contribution in [0.5, 0.6) is 0 Å². The number of carbonyl (C=O) groups is 1. The molecule has 5 rings (SSSR count). The number of aliphatic hydroxyl groups is 1. The first-order chi connectivity index (χ1) is 16.0. The molecule has 185 valence electrons. The Morgan fingerprint density at radius 3 is 2.29 bits per heavy atom. The molecule has 35 heavy (non-hydrogen) atoms. The zero-order valence-electron chi connectivity index (χ0n) is 21.2. The number of allylic oxidation sites excluding steroid dienone is 2. The first-order valence-electron chi connectivity index (χ1n) is 11.7. The number of fused-ring (bicyclic) bond motifs is 5. The number of benzene rings is 2. The molecule has 0 saturated carbocycles. The van der Waals surface area contributed by atoms with Crippen molar-refractivity contribution in [3.8, 4) is 11.3 Å². The maximum Gasteiger partial charge on any atom is 0.155 e. The van der Waals surface area contributed by atoms with E-state index in [9.17, 15) is 4.79 Å². The van der Waals surface area contributed by atoms with Crippen molar-refractivity contribution >= 4 is 37.3 Å². The van der Waals surface area contributed by atoms with Gasteiger partial charge in [0.2, 0.25) is 0 Å². The van der Waals surface area contributed by atoms with Gasteiger partial charge in [-0.15, -0.1) is 47.2 Å². The average Bonchev–Trinajstić information content (AvgIpc) is 3.15. The van der Waals surface area contributed by atoms with Gasteiger partial charge in [-0.3, -0.25) is 4.79 Å². The van der Waals surface area contributed by atoms with Crippen LogP contribution in [-0.2, 0) is 35.7 Å². The second-order valence-corrected chi connectivity index (χ2v) is 11.5. The van der Waals surface area contributed by atoms with Gasteiger partial charge in [0.25, 0.3) is 0 Å². The van der Waals surface area contributed by atoms with Crippen LogP contribution in [0.25, 0.3) is 31.4 Å². The van der Waals surface area contributed by atoms with Gasteiger partial charge in [-0.1, -0.05) is 39.8 Å². The molecule has 4 aromatic rings. The quantitative estimate of drug-likeness (QED) is 0.134. The minimum atomic E-state index is -0.125. The number of hydrogen-bond donors (Lipinski definition) is 1. The molecule has 3 nitrogen and oxygen atoms in total.